The van der Waals surface area contributed by atoms with E-state index < -0.39 is 5.92 Å². The number of amides is 3. The van der Waals surface area contributed by atoms with Gasteiger partial charge in [-0.1, -0.05) is 46.5 Å². The molecule has 1 aliphatic heterocycles. The Kier molecular flexibility index (Phi) is 6.28. The summed E-state index contributed by atoms with van der Waals surface area (Å²) >= 11 is 2.36. The zero-order chi connectivity index (χ0) is 21.8. The number of nitrogens with one attached hydrogen (secondary N) is 2. The predicted octanol–water partition coefficient (Wildman–Crippen LogP) is 2.56. The van der Waals surface area contributed by atoms with Crippen molar-refractivity contribution >= 4 is 57.5 Å². The second-order valence-corrected chi connectivity index (χ2v) is 8.96. The molecule has 2 N–H and O–H groups in total. The van der Waals surface area contributed by atoms with E-state index in [0.29, 0.717) is 27.6 Å². The van der Waals surface area contributed by atoms with Crippen molar-refractivity contribution < 1.29 is 18.9 Å². The van der Waals surface area contributed by atoms with E-state index in [1.165, 1.54) is 23.1 Å². The second kappa shape index (κ2) is 9.27. The number of carbonyl (C=O) groups excluding carboxylic acids is 3. The largest absolute Gasteiger partial charge is 0.360 e. The van der Waals surface area contributed by atoms with E-state index in [4.69, 9.17) is 4.52 Å². The Labute approximate surface area is 185 Å². The molecule has 0 unspecified atom stereocenters. The lowest BCUT2D eigenvalue weighted by atomic mass is 10.1. The van der Waals surface area contributed by atoms with Gasteiger partial charge in [0, 0.05) is 24.7 Å². The molecule has 0 saturated carbocycles. The first kappa shape index (κ1) is 21.0. The number of aromatic nitrogens is 3. The first-order valence-electron chi connectivity index (χ1n) is 9.33. The summed E-state index contributed by atoms with van der Waals surface area (Å²) in [7, 11) is 0. The maximum Gasteiger partial charge on any atom is 0.236 e. The van der Waals surface area contributed by atoms with Crippen LogP contribution in [0.5, 0.6) is 0 Å². The van der Waals surface area contributed by atoms with E-state index >= 15 is 0 Å². The molecule has 0 bridgehead atoms. The van der Waals surface area contributed by atoms with Crippen LogP contribution >= 0.6 is 23.1 Å². The molecule has 31 heavy (non-hydrogen) atoms. The molecule has 10 nitrogen and oxygen atoms in total. The van der Waals surface area contributed by atoms with Gasteiger partial charge in [0.1, 0.15) is 5.76 Å². The highest BCUT2D eigenvalue weighted by molar-refractivity contribution is 8.01. The fourth-order valence-electron chi connectivity index (χ4n) is 3.00. The van der Waals surface area contributed by atoms with E-state index in [2.05, 4.69) is 26.0 Å². The van der Waals surface area contributed by atoms with Gasteiger partial charge < -0.3 is 20.1 Å². The summed E-state index contributed by atoms with van der Waals surface area (Å²) in [5.74, 6) is -0.0365. The van der Waals surface area contributed by atoms with Crippen molar-refractivity contribution in [3.63, 3.8) is 0 Å². The van der Waals surface area contributed by atoms with Crippen LogP contribution in [0.4, 0.5) is 16.6 Å². The monoisotopic (exact) mass is 458 g/mol. The fourth-order valence-corrected chi connectivity index (χ4v) is 4.55. The van der Waals surface area contributed by atoms with Crippen LogP contribution in [0.1, 0.15) is 12.2 Å². The number of rotatable bonds is 7. The minimum absolute atomic E-state index is 0.0897. The van der Waals surface area contributed by atoms with Gasteiger partial charge in [0.05, 0.1) is 11.7 Å². The number of benzene rings is 1. The van der Waals surface area contributed by atoms with Crippen LogP contribution < -0.4 is 15.5 Å². The van der Waals surface area contributed by atoms with E-state index in [-0.39, 0.29) is 29.9 Å². The third-order valence-electron chi connectivity index (χ3n) is 4.42. The van der Waals surface area contributed by atoms with E-state index in [9.17, 15) is 14.4 Å². The number of carbonyl (C=O) groups is 3. The van der Waals surface area contributed by atoms with E-state index in [1.807, 2.05) is 30.3 Å². The van der Waals surface area contributed by atoms with Crippen LogP contribution in [0.3, 0.4) is 0 Å². The minimum atomic E-state index is -0.468. The van der Waals surface area contributed by atoms with Gasteiger partial charge in [0.2, 0.25) is 22.9 Å². The molecular formula is C19H18N6O4S2. The Morgan fingerprint density at radius 3 is 2.81 bits per heavy atom. The summed E-state index contributed by atoms with van der Waals surface area (Å²) in [6, 6.07) is 10.9. The quantitative estimate of drug-likeness (QED) is 0.408. The number of anilines is 3. The third kappa shape index (κ3) is 5.27. The molecular weight excluding hydrogens is 440 g/mol. The number of hydrogen-bond acceptors (Lipinski definition) is 9. The highest BCUT2D eigenvalue weighted by Crippen LogP contribution is 2.28. The van der Waals surface area contributed by atoms with Crippen molar-refractivity contribution in [2.45, 2.75) is 17.7 Å². The van der Waals surface area contributed by atoms with Crippen molar-refractivity contribution in [2.24, 2.45) is 5.92 Å². The van der Waals surface area contributed by atoms with Crippen molar-refractivity contribution in [3.8, 4) is 0 Å². The van der Waals surface area contributed by atoms with Gasteiger partial charge in [-0.3, -0.25) is 14.4 Å². The predicted molar refractivity (Wildman–Crippen MR) is 116 cm³/mol. The first-order valence-corrected chi connectivity index (χ1v) is 11.1. The van der Waals surface area contributed by atoms with Gasteiger partial charge >= 0.3 is 0 Å². The summed E-state index contributed by atoms with van der Waals surface area (Å²) < 4.78 is 5.43. The van der Waals surface area contributed by atoms with Crippen molar-refractivity contribution in [1.29, 1.82) is 0 Å². The number of aryl methyl sites for hydroxylation is 1. The van der Waals surface area contributed by atoms with Gasteiger partial charge in [0.25, 0.3) is 0 Å². The van der Waals surface area contributed by atoms with Crippen molar-refractivity contribution in [2.75, 3.05) is 27.8 Å². The molecule has 1 saturated heterocycles. The number of thioether (sulfide) groups is 1. The topological polar surface area (TPSA) is 130 Å². The van der Waals surface area contributed by atoms with Crippen LogP contribution in [0.15, 0.2) is 45.3 Å². The fraction of sp³-hybridized carbons (Fsp3) is 0.263. The molecule has 3 aromatic rings. The lowest BCUT2D eigenvalue weighted by Gasteiger charge is -2.16. The van der Waals surface area contributed by atoms with Gasteiger partial charge in [-0.05, 0) is 19.1 Å². The zero-order valence-electron chi connectivity index (χ0n) is 16.4. The van der Waals surface area contributed by atoms with Crippen molar-refractivity contribution in [1.82, 2.24) is 15.4 Å². The molecule has 1 fully saturated rings. The highest BCUT2D eigenvalue weighted by Gasteiger charge is 2.35. The normalized spacial score (nSPS) is 15.8. The van der Waals surface area contributed by atoms with Crippen LogP contribution in [-0.4, -0.2) is 45.4 Å². The van der Waals surface area contributed by atoms with Crippen LogP contribution in [0.25, 0.3) is 0 Å². The summed E-state index contributed by atoms with van der Waals surface area (Å²) in [5.41, 5.74) is 0.774. The standard InChI is InChI=1S/C19H18N6O4S2/c1-11-7-14(24-29-11)20-15(26)10-30-19-23-22-18(31-19)21-17(28)12-8-16(27)25(9-12)13-5-3-2-4-6-13/h2-7,12H,8-10H2,1H3,(H,20,24,26)(H,21,22,28)/t12-/m0/s1. The Morgan fingerprint density at radius 2 is 2.06 bits per heavy atom. The molecule has 0 aliphatic carbocycles. The maximum atomic E-state index is 12.6. The van der Waals surface area contributed by atoms with E-state index in [1.54, 1.807) is 17.9 Å². The Hall–Kier alpha value is -3.25. The Balaban J connectivity index is 1.27. The summed E-state index contributed by atoms with van der Waals surface area (Å²) in [6.07, 6.45) is 0.142. The van der Waals surface area contributed by atoms with Gasteiger partial charge in [-0.2, -0.15) is 0 Å². The SMILES string of the molecule is Cc1cc(NC(=O)CSc2nnc(NC(=O)[C@H]3CC(=O)N(c4ccccc4)C3)s2)no1. The molecule has 1 atom stereocenters. The Morgan fingerprint density at radius 1 is 1.26 bits per heavy atom. The first-order chi connectivity index (χ1) is 15.0. The molecule has 160 valence electrons. The number of para-hydroxylation sites is 1. The highest BCUT2D eigenvalue weighted by atomic mass is 32.2. The lowest BCUT2D eigenvalue weighted by molar-refractivity contribution is -0.122. The van der Waals surface area contributed by atoms with Crippen molar-refractivity contribution in [3.05, 3.63) is 42.2 Å². The lowest BCUT2D eigenvalue weighted by Crippen LogP contribution is -2.28. The van der Waals surface area contributed by atoms with Crippen LogP contribution in [0, 0.1) is 12.8 Å². The van der Waals surface area contributed by atoms with Gasteiger partial charge in [-0.15, -0.1) is 10.2 Å². The summed E-state index contributed by atoms with van der Waals surface area (Å²) in [4.78, 5) is 38.5. The molecule has 0 spiro atoms. The minimum Gasteiger partial charge on any atom is -0.360 e. The molecule has 3 heterocycles. The molecule has 0 radical (unpaired) electrons. The number of nitrogens with zero attached hydrogens (tertiary/aromatic N) is 4. The zero-order valence-corrected chi connectivity index (χ0v) is 18.0. The smallest absolute Gasteiger partial charge is 0.236 e. The Bertz CT molecular complexity index is 1100. The molecule has 1 aromatic carbocycles. The van der Waals surface area contributed by atoms with Gasteiger partial charge in [0.15, 0.2) is 10.2 Å². The second-order valence-electron chi connectivity index (χ2n) is 6.76. The third-order valence-corrected chi connectivity index (χ3v) is 6.39. The summed E-state index contributed by atoms with van der Waals surface area (Å²) in [5, 5.41) is 17.3. The summed E-state index contributed by atoms with van der Waals surface area (Å²) in [6.45, 7) is 2.05. The molecule has 2 aromatic heterocycles. The average Bonchev–Trinajstić information content (AvgIpc) is 3.47. The average molecular weight is 459 g/mol. The molecule has 4 rings (SSSR count). The van der Waals surface area contributed by atoms with E-state index in [0.717, 1.165) is 5.69 Å². The molecule has 1 aliphatic rings. The maximum absolute atomic E-state index is 12.6. The molecule has 12 heteroatoms. The van der Waals surface area contributed by atoms with Crippen LogP contribution in [0.2, 0.25) is 0 Å². The van der Waals surface area contributed by atoms with Crippen LogP contribution in [-0.2, 0) is 14.4 Å². The van der Waals surface area contributed by atoms with Gasteiger partial charge in [-0.25, -0.2) is 0 Å². The number of hydrogen-bond donors (Lipinski definition) is 2. The molecule has 3 amide bonds.